The lowest BCUT2D eigenvalue weighted by Crippen LogP contribution is -2.36. The molecule has 4 heterocycles. The monoisotopic (exact) mass is 546 g/mol. The summed E-state index contributed by atoms with van der Waals surface area (Å²) in [5, 5.41) is 3.07. The Hall–Kier alpha value is -2.81. The third kappa shape index (κ3) is 5.10. The van der Waals surface area contributed by atoms with Crippen LogP contribution in [-0.2, 0) is 4.74 Å². The maximum absolute atomic E-state index is 13.3. The summed E-state index contributed by atoms with van der Waals surface area (Å²) in [6.45, 7) is 4.01. The number of likely N-dealkylation sites (tertiary alicyclic amines) is 1. The number of nitrogens with one attached hydrogen (secondary N) is 1. The third-order valence-corrected chi connectivity index (χ3v) is 9.45. The number of amides is 1. The highest BCUT2D eigenvalue weighted by molar-refractivity contribution is 7.23. The fourth-order valence-corrected chi connectivity index (χ4v) is 7.18. The van der Waals surface area contributed by atoms with Crippen LogP contribution in [0.25, 0.3) is 26.4 Å². The van der Waals surface area contributed by atoms with E-state index >= 15 is 0 Å². The van der Waals surface area contributed by atoms with Gasteiger partial charge in [-0.2, -0.15) is 0 Å². The van der Waals surface area contributed by atoms with E-state index in [0.717, 1.165) is 71.9 Å². The Morgan fingerprint density at radius 1 is 1.08 bits per heavy atom. The highest BCUT2D eigenvalue weighted by atomic mass is 32.1. The Balaban J connectivity index is 1.08. The van der Waals surface area contributed by atoms with E-state index in [1.165, 1.54) is 24.1 Å². The Bertz CT molecular complexity index is 1480. The molecule has 1 amide bonds. The molecule has 0 bridgehead atoms. The molecule has 204 valence electrons. The smallest absolute Gasteiger partial charge is 0.251 e. The molecule has 1 atom stereocenters. The summed E-state index contributed by atoms with van der Waals surface area (Å²) < 4.78 is 22.6. The number of nitrogens with zero attached hydrogens (tertiary/aromatic N) is 3. The maximum Gasteiger partial charge on any atom is 0.251 e. The van der Waals surface area contributed by atoms with Crippen LogP contribution in [0, 0.1) is 0 Å². The Kier molecular flexibility index (Phi) is 6.87. The van der Waals surface area contributed by atoms with Crippen LogP contribution >= 0.6 is 11.3 Å². The second-order valence-electron chi connectivity index (χ2n) is 11.3. The molecule has 0 spiro atoms. The minimum absolute atomic E-state index is 0.0418. The van der Waals surface area contributed by atoms with Crippen molar-refractivity contribution in [2.75, 3.05) is 32.8 Å². The van der Waals surface area contributed by atoms with E-state index < -0.39 is 6.17 Å². The van der Waals surface area contributed by atoms with Gasteiger partial charge in [0.2, 0.25) is 0 Å². The number of fused-ring (bicyclic) bond motifs is 3. The first kappa shape index (κ1) is 25.2. The topological polar surface area (TPSA) is 58.9 Å². The minimum atomic E-state index is -0.647. The number of piperidine rings is 1. The van der Waals surface area contributed by atoms with Crippen molar-refractivity contribution in [1.82, 2.24) is 19.6 Å². The molecule has 1 saturated carbocycles. The minimum Gasteiger partial charge on any atom is -0.374 e. The van der Waals surface area contributed by atoms with Gasteiger partial charge in [-0.15, -0.1) is 0 Å². The zero-order valence-electron chi connectivity index (χ0n) is 22.2. The van der Waals surface area contributed by atoms with E-state index in [-0.39, 0.29) is 12.0 Å². The number of ether oxygens (including phenoxy) is 1. The van der Waals surface area contributed by atoms with Crippen molar-refractivity contribution in [3.63, 3.8) is 0 Å². The van der Waals surface area contributed by atoms with Gasteiger partial charge >= 0.3 is 0 Å². The van der Waals surface area contributed by atoms with E-state index in [2.05, 4.69) is 44.9 Å². The first-order valence-electron chi connectivity index (χ1n) is 14.5. The average molecular weight is 547 g/mol. The van der Waals surface area contributed by atoms with Crippen LogP contribution in [0.5, 0.6) is 0 Å². The van der Waals surface area contributed by atoms with Crippen molar-refractivity contribution >= 4 is 32.4 Å². The van der Waals surface area contributed by atoms with Crippen LogP contribution in [-0.4, -0.2) is 59.1 Å². The molecule has 4 aromatic rings. The van der Waals surface area contributed by atoms with Crippen molar-refractivity contribution in [2.45, 2.75) is 63.1 Å². The fraction of sp³-hybridized carbons (Fsp3) is 0.484. The zero-order chi connectivity index (χ0) is 26.3. The molecule has 3 aliphatic rings. The van der Waals surface area contributed by atoms with E-state index in [0.29, 0.717) is 30.9 Å². The maximum atomic E-state index is 13.3. The normalized spacial score (nSPS) is 20.8. The number of hydrogen-bond donors (Lipinski definition) is 1. The molecule has 2 aromatic heterocycles. The summed E-state index contributed by atoms with van der Waals surface area (Å²) >= 11 is 1.65. The van der Waals surface area contributed by atoms with Crippen LogP contribution < -0.4 is 5.32 Å². The number of imidazole rings is 1. The quantitative estimate of drug-likeness (QED) is 0.256. The SMILES string of the molecule is O=C(NCCCN1CCC(F)CC1)c1ccc2c(c1)sc1nc(-c3ccc([C@H]4CCCO4)cc3)c(C3CC3)n12. The second kappa shape index (κ2) is 10.6. The lowest BCUT2D eigenvalue weighted by atomic mass is 10.0. The van der Waals surface area contributed by atoms with Crippen LogP contribution in [0.4, 0.5) is 4.39 Å². The fourth-order valence-electron chi connectivity index (χ4n) is 6.11. The highest BCUT2D eigenvalue weighted by Gasteiger charge is 2.32. The number of halogens is 1. The molecule has 6 nitrogen and oxygen atoms in total. The number of aromatic nitrogens is 2. The van der Waals surface area contributed by atoms with Gasteiger partial charge in [0.05, 0.1) is 27.7 Å². The zero-order valence-corrected chi connectivity index (χ0v) is 23.0. The van der Waals surface area contributed by atoms with Gasteiger partial charge in [-0.25, -0.2) is 9.37 Å². The van der Waals surface area contributed by atoms with E-state index in [9.17, 15) is 9.18 Å². The number of carbonyl (C=O) groups excluding carboxylic acids is 1. The summed E-state index contributed by atoms with van der Waals surface area (Å²) in [4.78, 5) is 21.3. The lowest BCUT2D eigenvalue weighted by Gasteiger charge is -2.28. The summed E-state index contributed by atoms with van der Waals surface area (Å²) in [5.41, 5.74) is 6.61. The van der Waals surface area contributed by atoms with Crippen LogP contribution in [0.15, 0.2) is 42.5 Å². The van der Waals surface area contributed by atoms with Gasteiger partial charge in [0, 0.05) is 43.3 Å². The molecule has 7 rings (SSSR count). The van der Waals surface area contributed by atoms with E-state index in [1.54, 1.807) is 11.3 Å². The van der Waals surface area contributed by atoms with Crippen LogP contribution in [0.2, 0.25) is 0 Å². The standard InChI is InChI=1S/C31H35FN4O2S/c32-24-12-16-35(17-13-24)15-2-14-33-30(37)23-10-11-25-27(19-23)39-31-34-28(29(36(25)31)22-8-9-22)21-6-4-20(5-7-21)26-3-1-18-38-26/h4-7,10-11,19,22,24,26H,1-3,8-9,12-18H2,(H,33,37)/t26-/m1/s1. The summed E-state index contributed by atoms with van der Waals surface area (Å²) in [7, 11) is 0. The second-order valence-corrected chi connectivity index (χ2v) is 12.3. The average Bonchev–Trinajstić information content (AvgIpc) is 3.35. The lowest BCUT2D eigenvalue weighted by molar-refractivity contribution is 0.0950. The first-order chi connectivity index (χ1) is 19.1. The summed E-state index contributed by atoms with van der Waals surface area (Å²) in [6, 6.07) is 14.8. The molecule has 0 unspecified atom stereocenters. The van der Waals surface area contributed by atoms with E-state index in [4.69, 9.17) is 9.72 Å². The summed E-state index contributed by atoms with van der Waals surface area (Å²) in [6.07, 6.45) is 6.32. The molecule has 3 fully saturated rings. The Morgan fingerprint density at radius 2 is 1.90 bits per heavy atom. The molecule has 1 N–H and O–H groups in total. The van der Waals surface area contributed by atoms with Crippen molar-refractivity contribution in [3.8, 4) is 11.3 Å². The molecular weight excluding hydrogens is 511 g/mol. The van der Waals surface area contributed by atoms with Gasteiger partial charge in [0.1, 0.15) is 6.17 Å². The molecule has 39 heavy (non-hydrogen) atoms. The molecule has 2 saturated heterocycles. The van der Waals surface area contributed by atoms with Gasteiger partial charge in [0.25, 0.3) is 5.91 Å². The largest absolute Gasteiger partial charge is 0.374 e. The van der Waals surface area contributed by atoms with Crippen molar-refractivity contribution in [1.29, 1.82) is 0 Å². The predicted molar refractivity (Wildman–Crippen MR) is 153 cm³/mol. The number of hydrogen-bond acceptors (Lipinski definition) is 5. The molecular formula is C31H35FN4O2S. The molecule has 8 heteroatoms. The van der Waals surface area contributed by atoms with Crippen molar-refractivity contribution < 1.29 is 13.9 Å². The number of benzene rings is 2. The number of rotatable bonds is 8. The van der Waals surface area contributed by atoms with Crippen molar-refractivity contribution in [3.05, 3.63) is 59.3 Å². The van der Waals surface area contributed by atoms with Gasteiger partial charge in [-0.05, 0) is 75.3 Å². The first-order valence-corrected chi connectivity index (χ1v) is 15.3. The van der Waals surface area contributed by atoms with Gasteiger partial charge < -0.3 is 15.0 Å². The Morgan fingerprint density at radius 3 is 2.64 bits per heavy atom. The predicted octanol–water partition coefficient (Wildman–Crippen LogP) is 6.50. The number of alkyl halides is 1. The molecule has 1 aliphatic carbocycles. The van der Waals surface area contributed by atoms with Gasteiger partial charge in [-0.1, -0.05) is 35.6 Å². The number of carbonyl (C=O) groups is 1. The van der Waals surface area contributed by atoms with Crippen LogP contribution in [0.1, 0.15) is 78.6 Å². The molecule has 2 aliphatic heterocycles. The van der Waals surface area contributed by atoms with Crippen LogP contribution in [0.3, 0.4) is 0 Å². The van der Waals surface area contributed by atoms with Gasteiger partial charge in [0.15, 0.2) is 4.96 Å². The van der Waals surface area contributed by atoms with E-state index in [1.807, 2.05) is 12.1 Å². The molecule has 0 radical (unpaired) electrons. The number of thiazole rings is 1. The third-order valence-electron chi connectivity index (χ3n) is 8.45. The highest BCUT2D eigenvalue weighted by Crippen LogP contribution is 2.47. The molecule has 2 aromatic carbocycles. The Labute approximate surface area is 232 Å². The summed E-state index contributed by atoms with van der Waals surface area (Å²) in [5.74, 6) is 0.490. The van der Waals surface area contributed by atoms with Crippen molar-refractivity contribution in [2.24, 2.45) is 0 Å². The van der Waals surface area contributed by atoms with Gasteiger partial charge in [-0.3, -0.25) is 9.20 Å².